The maximum absolute atomic E-state index is 10.1. The van der Waals surface area contributed by atoms with Crippen molar-refractivity contribution in [3.05, 3.63) is 10.2 Å². The molecular weight excluding hydrogens is 381 g/mol. The van der Waals surface area contributed by atoms with E-state index < -0.39 is 31.1 Å². The lowest BCUT2D eigenvalue weighted by atomic mass is 10.1. The van der Waals surface area contributed by atoms with Gasteiger partial charge < -0.3 is 25.8 Å². The lowest BCUT2D eigenvalue weighted by Crippen LogP contribution is -2.33. The number of anilines is 1. The first-order valence-corrected chi connectivity index (χ1v) is 6.88. The van der Waals surface area contributed by atoms with E-state index in [1.54, 1.807) is 0 Å². The van der Waals surface area contributed by atoms with Crippen LogP contribution >= 0.6 is 22.6 Å². The molecule has 10 heteroatoms. The number of halogens is 1. The van der Waals surface area contributed by atoms with Crippen molar-refractivity contribution in [1.82, 2.24) is 19.5 Å². The molecule has 1 fully saturated rings. The Morgan fingerprint density at radius 2 is 2.10 bits per heavy atom. The molecule has 3 rings (SSSR count). The number of ether oxygens (including phenoxy) is 1. The van der Waals surface area contributed by atoms with Gasteiger partial charge in [0.1, 0.15) is 24.6 Å². The molecule has 5 N–H and O–H groups in total. The predicted octanol–water partition coefficient (Wildman–Crippen LogP) is -1.38. The third-order valence-electron chi connectivity index (χ3n) is 3.23. The lowest BCUT2D eigenvalue weighted by Gasteiger charge is -2.17. The number of nitrogens with two attached hydrogens (primary N) is 1. The summed E-state index contributed by atoms with van der Waals surface area (Å²) in [6.45, 7) is -0.394. The molecule has 0 amide bonds. The molecule has 0 saturated carbocycles. The molecule has 0 unspecified atom stereocenters. The van der Waals surface area contributed by atoms with Crippen molar-refractivity contribution in [1.29, 1.82) is 0 Å². The Bertz CT molecular complexity index is 650. The SMILES string of the molecule is Nc1ncnc2c1nc(I)n2[C@@H]1O[C@H](CO)[C@@H](O)[C@H]1O. The minimum absolute atomic E-state index is 0.221. The summed E-state index contributed by atoms with van der Waals surface area (Å²) in [6, 6.07) is 0. The molecule has 0 spiro atoms. The number of aliphatic hydroxyl groups is 3. The van der Waals surface area contributed by atoms with Crippen LogP contribution < -0.4 is 5.73 Å². The zero-order chi connectivity index (χ0) is 14.4. The molecule has 0 aliphatic carbocycles. The Morgan fingerprint density at radius 1 is 1.35 bits per heavy atom. The smallest absolute Gasteiger partial charge is 0.175 e. The van der Waals surface area contributed by atoms with Gasteiger partial charge in [-0.2, -0.15) is 0 Å². The first kappa shape index (κ1) is 13.9. The van der Waals surface area contributed by atoms with Gasteiger partial charge in [0.25, 0.3) is 0 Å². The summed E-state index contributed by atoms with van der Waals surface area (Å²) >= 11 is 1.95. The van der Waals surface area contributed by atoms with Crippen LogP contribution in [-0.4, -0.2) is 59.8 Å². The molecule has 1 aliphatic heterocycles. The third-order valence-corrected chi connectivity index (χ3v) is 3.99. The Hall–Kier alpha value is -1.08. The number of imidazole rings is 1. The van der Waals surface area contributed by atoms with Crippen LogP contribution in [0.3, 0.4) is 0 Å². The van der Waals surface area contributed by atoms with Crippen LogP contribution in [0.5, 0.6) is 0 Å². The van der Waals surface area contributed by atoms with Crippen molar-refractivity contribution < 1.29 is 20.1 Å². The van der Waals surface area contributed by atoms with Crippen LogP contribution in [0, 0.1) is 3.83 Å². The number of nitrogens with zero attached hydrogens (tertiary/aromatic N) is 4. The van der Waals surface area contributed by atoms with Crippen molar-refractivity contribution in [2.45, 2.75) is 24.5 Å². The minimum atomic E-state index is -1.20. The highest BCUT2D eigenvalue weighted by atomic mass is 127. The van der Waals surface area contributed by atoms with Crippen LogP contribution in [0.15, 0.2) is 6.33 Å². The summed E-state index contributed by atoms with van der Waals surface area (Å²) < 4.78 is 7.49. The molecule has 108 valence electrons. The fourth-order valence-corrected chi connectivity index (χ4v) is 2.96. The Balaban J connectivity index is 2.11. The van der Waals surface area contributed by atoms with E-state index in [4.69, 9.17) is 15.6 Å². The van der Waals surface area contributed by atoms with Gasteiger partial charge in [-0.15, -0.1) is 0 Å². The van der Waals surface area contributed by atoms with E-state index in [2.05, 4.69) is 15.0 Å². The molecule has 1 saturated heterocycles. The van der Waals surface area contributed by atoms with Crippen LogP contribution in [0.25, 0.3) is 11.2 Å². The molecule has 0 aromatic carbocycles. The second kappa shape index (κ2) is 5.04. The van der Waals surface area contributed by atoms with Gasteiger partial charge in [-0.3, -0.25) is 4.57 Å². The van der Waals surface area contributed by atoms with Crippen LogP contribution in [0.1, 0.15) is 6.23 Å². The summed E-state index contributed by atoms with van der Waals surface area (Å²) in [6.07, 6.45) is -2.85. The average Bonchev–Trinajstić information content (AvgIpc) is 2.90. The van der Waals surface area contributed by atoms with E-state index >= 15 is 0 Å². The van der Waals surface area contributed by atoms with E-state index in [9.17, 15) is 10.2 Å². The second-order valence-electron chi connectivity index (χ2n) is 4.41. The summed E-state index contributed by atoms with van der Waals surface area (Å²) in [7, 11) is 0. The van der Waals surface area contributed by atoms with E-state index in [1.807, 2.05) is 22.6 Å². The maximum atomic E-state index is 10.1. The Kier molecular flexibility index (Phi) is 3.50. The van der Waals surface area contributed by atoms with Crippen molar-refractivity contribution >= 4 is 39.6 Å². The van der Waals surface area contributed by atoms with Gasteiger partial charge >= 0.3 is 0 Å². The molecule has 4 atom stereocenters. The molecule has 3 heterocycles. The van der Waals surface area contributed by atoms with Gasteiger partial charge in [-0.25, -0.2) is 15.0 Å². The molecular formula is C10H12IN5O4. The number of nitrogen functional groups attached to an aromatic ring is 1. The quantitative estimate of drug-likeness (QED) is 0.362. The molecule has 0 bridgehead atoms. The monoisotopic (exact) mass is 393 g/mol. The maximum Gasteiger partial charge on any atom is 0.175 e. The molecule has 2 aromatic heterocycles. The van der Waals surface area contributed by atoms with Gasteiger partial charge in [0.15, 0.2) is 27.0 Å². The van der Waals surface area contributed by atoms with E-state index in [0.29, 0.717) is 15.0 Å². The number of rotatable bonds is 2. The van der Waals surface area contributed by atoms with Crippen molar-refractivity contribution in [2.75, 3.05) is 12.3 Å². The molecule has 9 nitrogen and oxygen atoms in total. The second-order valence-corrected chi connectivity index (χ2v) is 5.38. The number of hydrogen-bond donors (Lipinski definition) is 4. The molecule has 1 aliphatic rings. The van der Waals surface area contributed by atoms with Crippen LogP contribution in [0.4, 0.5) is 5.82 Å². The summed E-state index contributed by atoms with van der Waals surface area (Å²) in [4.78, 5) is 12.2. The van der Waals surface area contributed by atoms with Gasteiger partial charge in [0.05, 0.1) is 6.61 Å². The van der Waals surface area contributed by atoms with Gasteiger partial charge in [0.2, 0.25) is 0 Å². The lowest BCUT2D eigenvalue weighted by molar-refractivity contribution is -0.0522. The van der Waals surface area contributed by atoms with Crippen molar-refractivity contribution in [3.63, 3.8) is 0 Å². The summed E-state index contributed by atoms with van der Waals surface area (Å²) in [5.41, 5.74) is 6.53. The highest BCUT2D eigenvalue weighted by Gasteiger charge is 2.44. The Morgan fingerprint density at radius 3 is 2.75 bits per heavy atom. The van der Waals surface area contributed by atoms with E-state index in [1.165, 1.54) is 10.9 Å². The number of aliphatic hydroxyl groups excluding tert-OH is 3. The zero-order valence-electron chi connectivity index (χ0n) is 10.1. The Labute approximate surface area is 126 Å². The van der Waals surface area contributed by atoms with Gasteiger partial charge in [0, 0.05) is 22.6 Å². The first-order valence-electron chi connectivity index (χ1n) is 5.81. The minimum Gasteiger partial charge on any atom is -0.394 e. The topological polar surface area (TPSA) is 140 Å². The van der Waals surface area contributed by atoms with Gasteiger partial charge in [-0.05, 0) is 0 Å². The largest absolute Gasteiger partial charge is 0.394 e. The van der Waals surface area contributed by atoms with E-state index in [-0.39, 0.29) is 5.82 Å². The molecule has 2 aromatic rings. The average molecular weight is 393 g/mol. The third kappa shape index (κ3) is 1.95. The van der Waals surface area contributed by atoms with Crippen LogP contribution in [-0.2, 0) is 4.74 Å². The summed E-state index contributed by atoms with van der Waals surface area (Å²) in [5.74, 6) is 0.221. The fourth-order valence-electron chi connectivity index (χ4n) is 2.22. The van der Waals surface area contributed by atoms with Crippen molar-refractivity contribution in [3.8, 4) is 0 Å². The van der Waals surface area contributed by atoms with E-state index in [0.717, 1.165) is 0 Å². The number of aromatic nitrogens is 4. The fraction of sp³-hybridized carbons (Fsp3) is 0.500. The van der Waals surface area contributed by atoms with Crippen molar-refractivity contribution in [2.24, 2.45) is 0 Å². The first-order chi connectivity index (χ1) is 9.54. The zero-order valence-corrected chi connectivity index (χ0v) is 12.2. The highest BCUT2D eigenvalue weighted by molar-refractivity contribution is 14.1. The number of hydrogen-bond acceptors (Lipinski definition) is 8. The molecule has 0 radical (unpaired) electrons. The van der Waals surface area contributed by atoms with Crippen LogP contribution in [0.2, 0.25) is 0 Å². The number of fused-ring (bicyclic) bond motifs is 1. The summed E-state index contributed by atoms with van der Waals surface area (Å²) in [5, 5.41) is 29.0. The normalized spacial score (nSPS) is 30.2. The van der Waals surface area contributed by atoms with Gasteiger partial charge in [-0.1, -0.05) is 0 Å². The molecule has 20 heavy (non-hydrogen) atoms. The highest BCUT2D eigenvalue weighted by Crippen LogP contribution is 2.33. The predicted molar refractivity (Wildman–Crippen MR) is 75.5 cm³/mol. The standard InChI is InChI=1S/C10H12IN5O4/c11-10-15-4-7(12)13-2-14-8(4)16(10)9-6(19)5(18)3(1-17)20-9/h2-3,5-6,9,17-19H,1H2,(H2,12,13,14)/t3-,5-,6-,9-/m1/s1.